The Labute approximate surface area is 148 Å². The molecule has 1 amide bonds. The summed E-state index contributed by atoms with van der Waals surface area (Å²) in [7, 11) is 1.88. The minimum absolute atomic E-state index is 0. The van der Waals surface area contributed by atoms with Gasteiger partial charge in [-0.2, -0.15) is 0 Å². The molecule has 7 heteroatoms. The molecule has 0 aliphatic carbocycles. The van der Waals surface area contributed by atoms with Gasteiger partial charge in [0.05, 0.1) is 0 Å². The summed E-state index contributed by atoms with van der Waals surface area (Å²) < 4.78 is 0. The van der Waals surface area contributed by atoms with E-state index >= 15 is 0 Å². The Kier molecular flexibility index (Phi) is 12.6. The third kappa shape index (κ3) is 8.53. The summed E-state index contributed by atoms with van der Waals surface area (Å²) in [6.07, 6.45) is 0.614. The van der Waals surface area contributed by atoms with E-state index in [1.165, 1.54) is 0 Å². The maximum absolute atomic E-state index is 12.1. The highest BCUT2D eigenvalue weighted by atomic mass is 35.5. The quantitative estimate of drug-likeness (QED) is 0.746. The molecule has 0 unspecified atom stereocenters. The molecule has 1 heterocycles. The first kappa shape index (κ1) is 24.2. The van der Waals surface area contributed by atoms with Crippen LogP contribution in [0.25, 0.3) is 0 Å². The number of amides is 1. The number of nitrogens with two attached hydrogens (primary N) is 1. The third-order valence-electron chi connectivity index (χ3n) is 4.20. The van der Waals surface area contributed by atoms with E-state index in [0.717, 1.165) is 45.8 Å². The predicted octanol–water partition coefficient (Wildman–Crippen LogP) is 1.30. The lowest BCUT2D eigenvalue weighted by atomic mass is 9.93. The van der Waals surface area contributed by atoms with Crippen molar-refractivity contribution >= 4 is 30.7 Å². The van der Waals surface area contributed by atoms with Crippen LogP contribution in [0, 0.1) is 5.41 Å². The molecular formula is C15H34Cl2N4O. The molecule has 2 N–H and O–H groups in total. The first-order valence-electron chi connectivity index (χ1n) is 7.76. The van der Waals surface area contributed by atoms with E-state index in [4.69, 9.17) is 5.73 Å². The molecule has 1 saturated heterocycles. The number of carbonyl (C=O) groups excluding carboxylic acids is 1. The Morgan fingerprint density at radius 2 is 1.64 bits per heavy atom. The SMILES string of the molecule is CCN1CCN(CCC(=O)N(C)CC(C)(C)CN)CC1.Cl.Cl. The molecule has 0 aromatic carbocycles. The lowest BCUT2D eigenvalue weighted by molar-refractivity contribution is -0.131. The molecule has 0 atom stereocenters. The van der Waals surface area contributed by atoms with Gasteiger partial charge in [-0.15, -0.1) is 24.8 Å². The fraction of sp³-hybridized carbons (Fsp3) is 0.933. The Balaban J connectivity index is 0. The number of piperazine rings is 1. The Hall–Kier alpha value is -0.0700. The van der Waals surface area contributed by atoms with Crippen molar-refractivity contribution in [2.24, 2.45) is 11.1 Å². The number of likely N-dealkylation sites (N-methyl/N-ethyl adjacent to an activating group) is 1. The zero-order valence-corrected chi connectivity index (χ0v) is 16.1. The second-order valence-corrected chi connectivity index (χ2v) is 6.64. The topological polar surface area (TPSA) is 52.8 Å². The number of hydrogen-bond donors (Lipinski definition) is 1. The normalized spacial score (nSPS) is 16.6. The number of nitrogens with zero attached hydrogens (tertiary/aromatic N) is 3. The molecule has 5 nitrogen and oxygen atoms in total. The van der Waals surface area contributed by atoms with Crippen molar-refractivity contribution in [2.75, 3.05) is 59.4 Å². The fourth-order valence-corrected chi connectivity index (χ4v) is 2.57. The summed E-state index contributed by atoms with van der Waals surface area (Å²) in [5, 5.41) is 0. The van der Waals surface area contributed by atoms with Gasteiger partial charge in [-0.05, 0) is 18.5 Å². The predicted molar refractivity (Wildman–Crippen MR) is 98.1 cm³/mol. The molecule has 1 aliphatic rings. The van der Waals surface area contributed by atoms with Crippen molar-refractivity contribution in [3.05, 3.63) is 0 Å². The van der Waals surface area contributed by atoms with Gasteiger partial charge in [0.1, 0.15) is 0 Å². The summed E-state index contributed by atoms with van der Waals surface area (Å²) in [4.78, 5) is 18.8. The van der Waals surface area contributed by atoms with Crippen molar-refractivity contribution in [3.63, 3.8) is 0 Å². The smallest absolute Gasteiger partial charge is 0.223 e. The summed E-state index contributed by atoms with van der Waals surface area (Å²) in [5.74, 6) is 0.226. The number of hydrogen-bond acceptors (Lipinski definition) is 4. The standard InChI is InChI=1S/C15H32N4O.2ClH/c1-5-18-8-10-19(11-9-18)7-6-14(20)17(4)13-15(2,3)12-16;;/h5-13,16H2,1-4H3;2*1H. The zero-order chi connectivity index (χ0) is 15.2. The molecule has 1 rings (SSSR count). The van der Waals surface area contributed by atoms with Gasteiger partial charge in [0.25, 0.3) is 0 Å². The highest BCUT2D eigenvalue weighted by molar-refractivity contribution is 5.85. The molecule has 0 radical (unpaired) electrons. The zero-order valence-electron chi connectivity index (χ0n) is 14.5. The average Bonchev–Trinajstić information content (AvgIpc) is 2.44. The van der Waals surface area contributed by atoms with Crippen LogP contribution in [0.1, 0.15) is 27.2 Å². The van der Waals surface area contributed by atoms with Crippen LogP contribution in [0.5, 0.6) is 0 Å². The second kappa shape index (κ2) is 11.5. The summed E-state index contributed by atoms with van der Waals surface area (Å²) >= 11 is 0. The van der Waals surface area contributed by atoms with E-state index in [1.807, 2.05) is 11.9 Å². The molecule has 1 aliphatic heterocycles. The van der Waals surface area contributed by atoms with Gasteiger partial charge in [0, 0.05) is 52.7 Å². The van der Waals surface area contributed by atoms with Gasteiger partial charge in [-0.1, -0.05) is 20.8 Å². The monoisotopic (exact) mass is 356 g/mol. The molecule has 134 valence electrons. The molecule has 0 bridgehead atoms. The molecule has 1 fully saturated rings. The number of carbonyl (C=O) groups is 1. The molecule has 0 aromatic heterocycles. The van der Waals surface area contributed by atoms with Crippen molar-refractivity contribution in [2.45, 2.75) is 27.2 Å². The maximum Gasteiger partial charge on any atom is 0.223 e. The van der Waals surface area contributed by atoms with E-state index in [9.17, 15) is 4.79 Å². The minimum atomic E-state index is -0.00282. The fourth-order valence-electron chi connectivity index (χ4n) is 2.57. The summed E-state index contributed by atoms with van der Waals surface area (Å²) in [6.45, 7) is 14.2. The van der Waals surface area contributed by atoms with Crippen LogP contribution < -0.4 is 5.73 Å². The largest absolute Gasteiger partial charge is 0.345 e. The van der Waals surface area contributed by atoms with Crippen LogP contribution in [-0.4, -0.2) is 80.0 Å². The highest BCUT2D eigenvalue weighted by Crippen LogP contribution is 2.14. The van der Waals surface area contributed by atoms with Crippen molar-refractivity contribution in [1.82, 2.24) is 14.7 Å². The second-order valence-electron chi connectivity index (χ2n) is 6.64. The van der Waals surface area contributed by atoms with Gasteiger partial charge < -0.3 is 20.4 Å². The van der Waals surface area contributed by atoms with E-state index < -0.39 is 0 Å². The van der Waals surface area contributed by atoms with E-state index in [-0.39, 0.29) is 36.1 Å². The molecule has 0 saturated carbocycles. The van der Waals surface area contributed by atoms with Crippen molar-refractivity contribution in [3.8, 4) is 0 Å². The van der Waals surface area contributed by atoms with Crippen LogP contribution >= 0.6 is 24.8 Å². The van der Waals surface area contributed by atoms with Crippen LogP contribution in [0.15, 0.2) is 0 Å². The minimum Gasteiger partial charge on any atom is -0.345 e. The van der Waals surface area contributed by atoms with Gasteiger partial charge in [-0.25, -0.2) is 0 Å². The highest BCUT2D eigenvalue weighted by Gasteiger charge is 2.22. The van der Waals surface area contributed by atoms with E-state index in [0.29, 0.717) is 13.0 Å². The lowest BCUT2D eigenvalue weighted by Crippen LogP contribution is -2.47. The molecule has 0 spiro atoms. The van der Waals surface area contributed by atoms with Crippen LogP contribution in [-0.2, 0) is 4.79 Å². The summed E-state index contributed by atoms with van der Waals surface area (Å²) in [6, 6.07) is 0. The third-order valence-corrected chi connectivity index (χ3v) is 4.20. The lowest BCUT2D eigenvalue weighted by Gasteiger charge is -2.34. The summed E-state index contributed by atoms with van der Waals surface area (Å²) in [5.41, 5.74) is 5.72. The Morgan fingerprint density at radius 3 is 2.09 bits per heavy atom. The van der Waals surface area contributed by atoms with Crippen molar-refractivity contribution < 1.29 is 4.79 Å². The van der Waals surface area contributed by atoms with Gasteiger partial charge in [0.15, 0.2) is 0 Å². The Morgan fingerprint density at radius 1 is 1.14 bits per heavy atom. The van der Waals surface area contributed by atoms with Crippen LogP contribution in [0.3, 0.4) is 0 Å². The van der Waals surface area contributed by atoms with E-state index in [1.54, 1.807) is 0 Å². The first-order valence-corrected chi connectivity index (χ1v) is 7.76. The van der Waals surface area contributed by atoms with Gasteiger partial charge >= 0.3 is 0 Å². The van der Waals surface area contributed by atoms with Gasteiger partial charge in [0.2, 0.25) is 5.91 Å². The molecule has 0 aromatic rings. The van der Waals surface area contributed by atoms with Gasteiger partial charge in [-0.3, -0.25) is 4.79 Å². The number of halogens is 2. The van der Waals surface area contributed by atoms with Crippen LogP contribution in [0.4, 0.5) is 0 Å². The molecule has 22 heavy (non-hydrogen) atoms. The van der Waals surface area contributed by atoms with Crippen LogP contribution in [0.2, 0.25) is 0 Å². The Bertz CT molecular complexity index is 308. The molecular weight excluding hydrogens is 323 g/mol. The van der Waals surface area contributed by atoms with Crippen molar-refractivity contribution in [1.29, 1.82) is 0 Å². The first-order chi connectivity index (χ1) is 9.38. The maximum atomic E-state index is 12.1. The number of rotatable bonds is 7. The van der Waals surface area contributed by atoms with E-state index in [2.05, 4.69) is 30.6 Å². The average molecular weight is 357 g/mol.